The molecular weight excluding hydrogens is 629 g/mol. The molecule has 0 radical (unpaired) electrons. The fraction of sp³-hybridized carbons (Fsp3) is 0.457. The molecule has 5 atom stereocenters. The molecule has 4 aromatic rings. The van der Waals surface area contributed by atoms with Gasteiger partial charge in [-0.15, -0.1) is 0 Å². The number of piperidine rings is 1. The van der Waals surface area contributed by atoms with Gasteiger partial charge in [-0.2, -0.15) is 0 Å². The third-order valence-corrected chi connectivity index (χ3v) is 12.8. The lowest BCUT2D eigenvalue weighted by Crippen LogP contribution is -2.69. The van der Waals surface area contributed by atoms with Gasteiger partial charge in [0.1, 0.15) is 11.9 Å². The minimum Gasteiger partial charge on any atom is -0.493 e. The molecule has 51 heavy (non-hydrogen) atoms. The molecule has 2 bridgehead atoms. The van der Waals surface area contributed by atoms with Crippen molar-refractivity contribution >= 4 is 5.78 Å². The van der Waals surface area contributed by atoms with Crippen molar-refractivity contribution in [1.29, 1.82) is 0 Å². The van der Waals surface area contributed by atoms with E-state index in [0.717, 1.165) is 63.2 Å². The molecule has 0 aromatic heterocycles. The average Bonchev–Trinajstić information content (AvgIpc) is 3.51. The van der Waals surface area contributed by atoms with Crippen molar-refractivity contribution in [3.8, 4) is 11.5 Å². The van der Waals surface area contributed by atoms with Gasteiger partial charge in [0.25, 0.3) is 0 Å². The van der Waals surface area contributed by atoms with E-state index in [4.69, 9.17) is 9.47 Å². The molecular formula is C46H54N2O3. The van der Waals surface area contributed by atoms with Crippen LogP contribution in [0.1, 0.15) is 85.6 Å². The minimum atomic E-state index is -0.0543. The number of carbonyl (C=O) groups excluding carboxylic acids is 1. The number of ketones is 1. The van der Waals surface area contributed by atoms with Crippen molar-refractivity contribution in [1.82, 2.24) is 9.80 Å². The molecule has 4 aliphatic rings. The van der Waals surface area contributed by atoms with Gasteiger partial charge in [0.2, 0.25) is 0 Å². The zero-order chi connectivity index (χ0) is 34.8. The summed E-state index contributed by atoms with van der Waals surface area (Å²) >= 11 is 0. The Bertz CT molecular complexity index is 1740. The predicted molar refractivity (Wildman–Crippen MR) is 205 cm³/mol. The van der Waals surface area contributed by atoms with Crippen LogP contribution in [0.4, 0.5) is 0 Å². The second kappa shape index (κ2) is 15.0. The van der Waals surface area contributed by atoms with Gasteiger partial charge >= 0.3 is 0 Å². The summed E-state index contributed by atoms with van der Waals surface area (Å²) in [6.07, 6.45) is 10.4. The summed E-state index contributed by atoms with van der Waals surface area (Å²) in [4.78, 5) is 17.8. The Hall–Kier alpha value is -3.93. The van der Waals surface area contributed by atoms with Gasteiger partial charge in [-0.3, -0.25) is 14.6 Å². The molecule has 5 nitrogen and oxygen atoms in total. The number of unbranched alkanes of at least 4 members (excludes halogenated alkanes) is 3. The maximum atomic E-state index is 12.5. The average molecular weight is 683 g/mol. The highest BCUT2D eigenvalue weighted by atomic mass is 16.5. The normalized spacial score (nSPS) is 24.7. The second-order valence-electron chi connectivity index (χ2n) is 15.7. The van der Waals surface area contributed by atoms with Crippen molar-refractivity contribution in [3.05, 3.63) is 131 Å². The first-order valence-corrected chi connectivity index (χ1v) is 19.5. The first-order chi connectivity index (χ1) is 25.1. The SMILES string of the molecule is COc1ccc2c3c1O[C@H]1[C@@H](N(CCCCCCc4ccccc4)CC(c4ccccc4)c4ccccc4)CC[C@H]4[C@@H](C2)N(CC(C)=O)CC[C@@]341. The van der Waals surface area contributed by atoms with Gasteiger partial charge in [0.15, 0.2) is 11.5 Å². The first kappa shape index (κ1) is 34.2. The lowest BCUT2D eigenvalue weighted by Gasteiger charge is -2.60. The van der Waals surface area contributed by atoms with Crippen molar-refractivity contribution in [3.63, 3.8) is 0 Å². The van der Waals surface area contributed by atoms with E-state index in [0.29, 0.717) is 24.5 Å². The quantitative estimate of drug-likeness (QED) is 0.118. The van der Waals surface area contributed by atoms with E-state index in [-0.39, 0.29) is 23.2 Å². The second-order valence-corrected chi connectivity index (χ2v) is 15.7. The van der Waals surface area contributed by atoms with Crippen LogP contribution >= 0.6 is 0 Å². The maximum absolute atomic E-state index is 12.5. The number of carbonyl (C=O) groups is 1. The topological polar surface area (TPSA) is 42.0 Å². The number of methoxy groups -OCH3 is 1. The van der Waals surface area contributed by atoms with Crippen LogP contribution in [-0.2, 0) is 23.1 Å². The molecule has 5 heteroatoms. The van der Waals surface area contributed by atoms with Gasteiger partial charge in [0.05, 0.1) is 13.7 Å². The number of hydrogen-bond acceptors (Lipinski definition) is 5. The largest absolute Gasteiger partial charge is 0.493 e. The molecule has 1 spiro atoms. The fourth-order valence-electron chi connectivity index (χ4n) is 10.6. The molecule has 266 valence electrons. The van der Waals surface area contributed by atoms with E-state index in [9.17, 15) is 4.79 Å². The molecule has 1 saturated heterocycles. The summed E-state index contributed by atoms with van der Waals surface area (Å²) in [5.41, 5.74) is 6.97. The molecule has 2 fully saturated rings. The first-order valence-electron chi connectivity index (χ1n) is 19.5. The lowest BCUT2D eigenvalue weighted by atomic mass is 9.51. The van der Waals surface area contributed by atoms with E-state index in [2.05, 4.69) is 113 Å². The van der Waals surface area contributed by atoms with Crippen molar-refractivity contribution in [2.75, 3.05) is 33.3 Å². The summed E-state index contributed by atoms with van der Waals surface area (Å²) < 4.78 is 13.3. The molecule has 2 aliphatic carbocycles. The van der Waals surface area contributed by atoms with Crippen molar-refractivity contribution < 1.29 is 14.3 Å². The Morgan fingerprint density at radius 3 is 2.25 bits per heavy atom. The van der Waals surface area contributed by atoms with Crippen molar-refractivity contribution in [2.24, 2.45) is 5.92 Å². The summed E-state index contributed by atoms with van der Waals surface area (Å²) in [5, 5.41) is 0. The number of aryl methyl sites for hydroxylation is 1. The van der Waals surface area contributed by atoms with Crippen LogP contribution in [0, 0.1) is 5.92 Å². The Morgan fingerprint density at radius 2 is 1.57 bits per heavy atom. The number of benzene rings is 4. The maximum Gasteiger partial charge on any atom is 0.165 e. The van der Waals surface area contributed by atoms with Gasteiger partial charge < -0.3 is 9.47 Å². The van der Waals surface area contributed by atoms with Crippen LogP contribution < -0.4 is 9.47 Å². The Balaban J connectivity index is 1.11. The number of likely N-dealkylation sites (tertiary alicyclic amines) is 1. The third kappa shape index (κ3) is 6.53. The number of nitrogens with zero attached hydrogens (tertiary/aromatic N) is 2. The van der Waals surface area contributed by atoms with Crippen LogP contribution in [0.5, 0.6) is 11.5 Å². The number of rotatable bonds is 15. The zero-order valence-electron chi connectivity index (χ0n) is 30.5. The highest BCUT2D eigenvalue weighted by Crippen LogP contribution is 2.64. The van der Waals surface area contributed by atoms with E-state index in [1.165, 1.54) is 53.5 Å². The Labute approximate surface area is 305 Å². The monoisotopic (exact) mass is 682 g/mol. The standard InChI is InChI=1S/C46H54N2O3/c1-33(49)31-48-29-27-46-39-24-25-40(45(46)51-44-42(50-2)26-23-37(43(44)46)30-41(39)48)47(28-15-4-3-8-16-34-17-9-5-10-18-34)32-38(35-19-11-6-12-20-35)36-21-13-7-14-22-36/h5-7,9-14,17-23,26,38-41,45H,3-4,8,15-16,24-25,27-32H2,1-2H3/t39-,40-,41+,45-,46-/m0/s1. The molecule has 4 aromatic carbocycles. The number of Topliss-reactive ketones (excluding diaryl/α,β-unsaturated/α-hetero) is 1. The minimum absolute atomic E-state index is 0.0543. The van der Waals surface area contributed by atoms with Crippen LogP contribution in [0.15, 0.2) is 103 Å². The molecule has 2 heterocycles. The number of ether oxygens (including phenoxy) is 2. The van der Waals surface area contributed by atoms with Gasteiger partial charge in [0, 0.05) is 35.5 Å². The fourth-order valence-corrected chi connectivity index (χ4v) is 10.6. The molecule has 1 saturated carbocycles. The molecule has 8 rings (SSSR count). The summed E-state index contributed by atoms with van der Waals surface area (Å²) in [6, 6.07) is 38.3. The molecule has 0 unspecified atom stereocenters. The number of hydrogen-bond donors (Lipinski definition) is 0. The van der Waals surface area contributed by atoms with Gasteiger partial charge in [-0.1, -0.05) is 110 Å². The predicted octanol–water partition coefficient (Wildman–Crippen LogP) is 8.63. The van der Waals surface area contributed by atoms with E-state index >= 15 is 0 Å². The van der Waals surface area contributed by atoms with Crippen LogP contribution in [0.3, 0.4) is 0 Å². The highest BCUT2D eigenvalue weighted by Gasteiger charge is 2.66. The van der Waals surface area contributed by atoms with Crippen molar-refractivity contribution in [2.45, 2.75) is 94.2 Å². The van der Waals surface area contributed by atoms with Crippen LogP contribution in [0.2, 0.25) is 0 Å². The van der Waals surface area contributed by atoms with Crippen LogP contribution in [-0.4, -0.2) is 67.1 Å². The summed E-state index contributed by atoms with van der Waals surface area (Å²) in [5.74, 6) is 2.88. The Kier molecular flexibility index (Phi) is 10.0. The summed E-state index contributed by atoms with van der Waals surface area (Å²) in [7, 11) is 1.78. The highest BCUT2D eigenvalue weighted by molar-refractivity contribution is 5.77. The van der Waals surface area contributed by atoms with E-state index < -0.39 is 0 Å². The smallest absolute Gasteiger partial charge is 0.165 e. The Morgan fingerprint density at radius 1 is 0.882 bits per heavy atom. The van der Waals surface area contributed by atoms with Gasteiger partial charge in [-0.25, -0.2) is 0 Å². The lowest BCUT2D eigenvalue weighted by molar-refractivity contribution is -0.123. The van der Waals surface area contributed by atoms with E-state index in [1.807, 2.05) is 0 Å². The van der Waals surface area contributed by atoms with Gasteiger partial charge in [-0.05, 0) is 99.2 Å². The third-order valence-electron chi connectivity index (χ3n) is 12.8. The zero-order valence-corrected chi connectivity index (χ0v) is 30.5. The molecule has 0 amide bonds. The summed E-state index contributed by atoms with van der Waals surface area (Å²) in [6.45, 7) is 5.27. The molecule has 0 N–H and O–H groups in total. The van der Waals surface area contributed by atoms with E-state index in [1.54, 1.807) is 14.0 Å². The van der Waals surface area contributed by atoms with Crippen LogP contribution in [0.25, 0.3) is 0 Å². The molecule has 2 aliphatic heterocycles.